The van der Waals surface area contributed by atoms with Gasteiger partial charge in [0.25, 0.3) is 0 Å². The largest absolute Gasteiger partial charge is 0.492 e. The number of carboxylic acid groups (broad SMARTS) is 1. The maximum absolute atomic E-state index is 12.3. The predicted molar refractivity (Wildman–Crippen MR) is 87.8 cm³/mol. The molecule has 0 aliphatic carbocycles. The number of nitrogen functional groups attached to an aromatic ring is 1. The second kappa shape index (κ2) is 7.97. The highest BCUT2D eigenvalue weighted by Gasteiger charge is 2.25. The predicted octanol–water partition coefficient (Wildman–Crippen LogP) is 2.04. The Kier molecular flexibility index (Phi) is 5.98. The summed E-state index contributed by atoms with van der Waals surface area (Å²) < 4.78 is 5.36. The van der Waals surface area contributed by atoms with Crippen LogP contribution in [0.2, 0.25) is 0 Å². The molecule has 1 fully saturated rings. The van der Waals surface area contributed by atoms with Crippen molar-refractivity contribution in [2.24, 2.45) is 5.92 Å². The monoisotopic (exact) mass is 320 g/mol. The molecule has 126 valence electrons. The van der Waals surface area contributed by atoms with E-state index in [4.69, 9.17) is 15.6 Å². The first kappa shape index (κ1) is 17.3. The quantitative estimate of drug-likeness (QED) is 0.590. The molecule has 6 heteroatoms. The summed E-state index contributed by atoms with van der Waals surface area (Å²) in [5.41, 5.74) is 6.91. The third-order valence-electron chi connectivity index (χ3n) is 4.14. The molecule has 1 aromatic rings. The number of hydrogen-bond donors (Lipinski definition) is 2. The number of hydrogen-bond acceptors (Lipinski definition) is 5. The zero-order valence-corrected chi connectivity index (χ0v) is 13.5. The Labute approximate surface area is 136 Å². The molecule has 3 N–H and O–H groups in total. The van der Waals surface area contributed by atoms with E-state index in [1.54, 1.807) is 18.2 Å². The van der Waals surface area contributed by atoms with E-state index < -0.39 is 5.97 Å². The Bertz CT molecular complexity index is 574. The van der Waals surface area contributed by atoms with Gasteiger partial charge in [0.2, 0.25) is 0 Å². The number of carbonyl (C=O) groups excluding carboxylic acids is 1. The van der Waals surface area contributed by atoms with Gasteiger partial charge in [-0.25, -0.2) is 0 Å². The Balaban J connectivity index is 1.89. The SMILES string of the molecule is CCOc1ccc(C(=O)CCN2CCCC(C(=O)O)C2)cc1N. The van der Waals surface area contributed by atoms with Crippen molar-refractivity contribution in [2.45, 2.75) is 26.2 Å². The zero-order chi connectivity index (χ0) is 16.8. The molecular formula is C17H24N2O4. The summed E-state index contributed by atoms with van der Waals surface area (Å²) >= 11 is 0. The topological polar surface area (TPSA) is 92.9 Å². The molecule has 1 aliphatic rings. The van der Waals surface area contributed by atoms with Crippen LogP contribution in [0.15, 0.2) is 18.2 Å². The zero-order valence-electron chi connectivity index (χ0n) is 13.5. The molecular weight excluding hydrogens is 296 g/mol. The van der Waals surface area contributed by atoms with E-state index in [-0.39, 0.29) is 11.7 Å². The lowest BCUT2D eigenvalue weighted by Gasteiger charge is -2.30. The van der Waals surface area contributed by atoms with Crippen molar-refractivity contribution in [1.29, 1.82) is 0 Å². The van der Waals surface area contributed by atoms with Gasteiger partial charge >= 0.3 is 5.97 Å². The van der Waals surface area contributed by atoms with E-state index in [0.29, 0.717) is 43.1 Å². The van der Waals surface area contributed by atoms with Crippen molar-refractivity contribution in [3.8, 4) is 5.75 Å². The van der Waals surface area contributed by atoms with Gasteiger partial charge in [0.05, 0.1) is 18.2 Å². The van der Waals surface area contributed by atoms with Crippen LogP contribution in [0.3, 0.4) is 0 Å². The first-order valence-corrected chi connectivity index (χ1v) is 8.02. The average molecular weight is 320 g/mol. The summed E-state index contributed by atoms with van der Waals surface area (Å²) in [5, 5.41) is 9.09. The average Bonchev–Trinajstić information content (AvgIpc) is 2.55. The molecule has 1 unspecified atom stereocenters. The van der Waals surface area contributed by atoms with E-state index in [2.05, 4.69) is 4.90 Å². The van der Waals surface area contributed by atoms with Crippen LogP contribution in [0.1, 0.15) is 36.5 Å². The van der Waals surface area contributed by atoms with Crippen molar-refractivity contribution in [3.05, 3.63) is 23.8 Å². The molecule has 0 spiro atoms. The summed E-state index contributed by atoms with van der Waals surface area (Å²) in [6.07, 6.45) is 1.94. The highest BCUT2D eigenvalue weighted by molar-refractivity contribution is 5.97. The fourth-order valence-electron chi connectivity index (χ4n) is 2.87. The molecule has 0 aromatic heterocycles. The minimum atomic E-state index is -0.750. The van der Waals surface area contributed by atoms with Crippen LogP contribution in [0.25, 0.3) is 0 Å². The van der Waals surface area contributed by atoms with Gasteiger partial charge in [-0.05, 0) is 44.5 Å². The lowest BCUT2D eigenvalue weighted by Crippen LogP contribution is -2.39. The fourth-order valence-corrected chi connectivity index (χ4v) is 2.87. The minimum absolute atomic E-state index is 0.0113. The molecule has 23 heavy (non-hydrogen) atoms. The normalized spacial score (nSPS) is 18.6. The number of carboxylic acids is 1. The number of ether oxygens (including phenoxy) is 1. The Morgan fingerprint density at radius 2 is 2.22 bits per heavy atom. The second-order valence-electron chi connectivity index (χ2n) is 5.84. The van der Waals surface area contributed by atoms with E-state index in [1.807, 2.05) is 6.92 Å². The molecule has 1 aliphatic heterocycles. The van der Waals surface area contributed by atoms with Crippen LogP contribution in [-0.2, 0) is 4.79 Å². The van der Waals surface area contributed by atoms with Crippen molar-refractivity contribution in [2.75, 3.05) is 32.0 Å². The van der Waals surface area contributed by atoms with Gasteiger partial charge in [0, 0.05) is 25.1 Å². The van der Waals surface area contributed by atoms with E-state index in [0.717, 1.165) is 19.4 Å². The lowest BCUT2D eigenvalue weighted by molar-refractivity contribution is -0.143. The number of likely N-dealkylation sites (tertiary alicyclic amines) is 1. The molecule has 0 radical (unpaired) electrons. The van der Waals surface area contributed by atoms with Gasteiger partial charge in [0.1, 0.15) is 5.75 Å². The van der Waals surface area contributed by atoms with Crippen LogP contribution in [0.4, 0.5) is 5.69 Å². The number of rotatable bonds is 7. The molecule has 1 heterocycles. The standard InChI is InChI=1S/C17H24N2O4/c1-2-23-16-6-5-12(10-14(16)18)15(20)7-9-19-8-3-4-13(11-19)17(21)22/h5-6,10,13H,2-4,7-9,11,18H2,1H3,(H,21,22). The minimum Gasteiger partial charge on any atom is -0.492 e. The summed E-state index contributed by atoms with van der Waals surface area (Å²) in [5.74, 6) is -0.470. The highest BCUT2D eigenvalue weighted by atomic mass is 16.5. The van der Waals surface area contributed by atoms with Crippen LogP contribution >= 0.6 is 0 Å². The first-order chi connectivity index (χ1) is 11.0. The number of Topliss-reactive ketones (excluding diaryl/α,β-unsaturated/α-hetero) is 1. The number of piperidine rings is 1. The van der Waals surface area contributed by atoms with Crippen LogP contribution in [0, 0.1) is 5.92 Å². The smallest absolute Gasteiger partial charge is 0.307 e. The van der Waals surface area contributed by atoms with Crippen molar-refractivity contribution in [1.82, 2.24) is 4.90 Å². The van der Waals surface area contributed by atoms with Crippen LogP contribution < -0.4 is 10.5 Å². The lowest BCUT2D eigenvalue weighted by atomic mass is 9.98. The first-order valence-electron chi connectivity index (χ1n) is 8.02. The number of benzene rings is 1. The van der Waals surface area contributed by atoms with Gasteiger partial charge in [-0.2, -0.15) is 0 Å². The van der Waals surface area contributed by atoms with Gasteiger partial charge in [-0.1, -0.05) is 0 Å². The molecule has 6 nitrogen and oxygen atoms in total. The van der Waals surface area contributed by atoms with Gasteiger partial charge in [-0.3, -0.25) is 9.59 Å². The Hall–Kier alpha value is -2.08. The number of carbonyl (C=O) groups is 2. The van der Waals surface area contributed by atoms with Crippen LogP contribution in [-0.4, -0.2) is 48.0 Å². The van der Waals surface area contributed by atoms with E-state index in [9.17, 15) is 9.59 Å². The van der Waals surface area contributed by atoms with E-state index >= 15 is 0 Å². The molecule has 0 amide bonds. The number of ketones is 1. The van der Waals surface area contributed by atoms with Crippen molar-refractivity contribution >= 4 is 17.4 Å². The van der Waals surface area contributed by atoms with Crippen LogP contribution in [0.5, 0.6) is 5.75 Å². The number of aliphatic carboxylic acids is 1. The molecule has 1 aromatic carbocycles. The van der Waals surface area contributed by atoms with Gasteiger partial charge in [-0.15, -0.1) is 0 Å². The Morgan fingerprint density at radius 1 is 1.43 bits per heavy atom. The molecule has 1 atom stereocenters. The summed E-state index contributed by atoms with van der Waals surface area (Å²) in [6, 6.07) is 5.08. The van der Waals surface area contributed by atoms with Gasteiger partial charge in [0.15, 0.2) is 5.78 Å². The molecule has 1 saturated heterocycles. The maximum atomic E-state index is 12.3. The Morgan fingerprint density at radius 3 is 2.87 bits per heavy atom. The highest BCUT2D eigenvalue weighted by Crippen LogP contribution is 2.23. The summed E-state index contributed by atoms with van der Waals surface area (Å²) in [4.78, 5) is 25.4. The second-order valence-corrected chi connectivity index (χ2v) is 5.84. The molecule has 0 saturated carbocycles. The third kappa shape index (κ3) is 4.69. The van der Waals surface area contributed by atoms with E-state index in [1.165, 1.54) is 0 Å². The molecule has 2 rings (SSSR count). The third-order valence-corrected chi connectivity index (χ3v) is 4.14. The number of anilines is 1. The summed E-state index contributed by atoms with van der Waals surface area (Å²) in [7, 11) is 0. The fraction of sp³-hybridized carbons (Fsp3) is 0.529. The van der Waals surface area contributed by atoms with Crippen molar-refractivity contribution < 1.29 is 19.4 Å². The number of nitrogens with two attached hydrogens (primary N) is 1. The number of nitrogens with zero attached hydrogens (tertiary/aromatic N) is 1. The summed E-state index contributed by atoms with van der Waals surface area (Å²) in [6.45, 7) is 4.35. The van der Waals surface area contributed by atoms with Crippen molar-refractivity contribution in [3.63, 3.8) is 0 Å². The van der Waals surface area contributed by atoms with Gasteiger partial charge < -0.3 is 20.5 Å². The molecule has 0 bridgehead atoms. The maximum Gasteiger partial charge on any atom is 0.307 e.